The molecule has 0 aromatic heterocycles. The van der Waals surface area contributed by atoms with Crippen LogP contribution >= 0.6 is 0 Å². The third-order valence-electron chi connectivity index (χ3n) is 4.61. The van der Waals surface area contributed by atoms with Crippen LogP contribution in [0.2, 0.25) is 0 Å². The van der Waals surface area contributed by atoms with Gasteiger partial charge in [-0.2, -0.15) is 0 Å². The quantitative estimate of drug-likeness (QED) is 0.906. The summed E-state index contributed by atoms with van der Waals surface area (Å²) in [5.74, 6) is -0.215. The molecule has 0 spiro atoms. The van der Waals surface area contributed by atoms with Crippen LogP contribution < -0.4 is 5.32 Å². The lowest BCUT2D eigenvalue weighted by atomic mass is 10.0. The van der Waals surface area contributed by atoms with E-state index in [4.69, 9.17) is 4.74 Å². The number of halogens is 1. The molecule has 1 saturated heterocycles. The van der Waals surface area contributed by atoms with Gasteiger partial charge in [0, 0.05) is 18.6 Å². The Balaban J connectivity index is 2.00. The van der Waals surface area contributed by atoms with Gasteiger partial charge in [-0.05, 0) is 44.9 Å². The number of nitrogens with one attached hydrogen (secondary N) is 1. The molecule has 0 aliphatic carbocycles. The first kappa shape index (κ1) is 17.9. The zero-order chi connectivity index (χ0) is 17.0. The molecule has 1 fully saturated rings. The van der Waals surface area contributed by atoms with Gasteiger partial charge >= 0.3 is 0 Å². The lowest BCUT2D eigenvalue weighted by Gasteiger charge is -2.37. The summed E-state index contributed by atoms with van der Waals surface area (Å²) in [6, 6.07) is 6.16. The Morgan fingerprint density at radius 1 is 1.43 bits per heavy atom. The molecule has 1 heterocycles. The smallest absolute Gasteiger partial charge is 0.237 e. The van der Waals surface area contributed by atoms with Crippen LogP contribution in [0.15, 0.2) is 24.3 Å². The number of carbonyl (C=O) groups is 1. The number of rotatable bonds is 5. The van der Waals surface area contributed by atoms with Gasteiger partial charge in [-0.25, -0.2) is 4.39 Å². The maximum atomic E-state index is 13.1. The minimum absolute atomic E-state index is 0.0385. The summed E-state index contributed by atoms with van der Waals surface area (Å²) < 4.78 is 18.8. The Morgan fingerprint density at radius 3 is 2.70 bits per heavy atom. The first-order chi connectivity index (χ1) is 10.8. The van der Waals surface area contributed by atoms with E-state index in [1.54, 1.807) is 12.1 Å². The summed E-state index contributed by atoms with van der Waals surface area (Å²) in [5, 5.41) is 3.09. The molecule has 1 aromatic carbocycles. The Bertz CT molecular complexity index is 530. The maximum Gasteiger partial charge on any atom is 0.237 e. The van der Waals surface area contributed by atoms with Gasteiger partial charge in [-0.15, -0.1) is 0 Å². The van der Waals surface area contributed by atoms with Crippen molar-refractivity contribution < 1.29 is 13.9 Å². The molecule has 2 unspecified atom stereocenters. The molecule has 1 N–H and O–H groups in total. The number of nitrogens with zero attached hydrogens (tertiary/aromatic N) is 1. The van der Waals surface area contributed by atoms with Crippen molar-refractivity contribution in [2.24, 2.45) is 0 Å². The van der Waals surface area contributed by atoms with E-state index >= 15 is 0 Å². The summed E-state index contributed by atoms with van der Waals surface area (Å²) in [6.45, 7) is 9.96. The second-order valence-corrected chi connectivity index (χ2v) is 6.81. The van der Waals surface area contributed by atoms with Crippen molar-refractivity contribution in [3.05, 3.63) is 35.6 Å². The molecule has 1 aromatic rings. The van der Waals surface area contributed by atoms with Gasteiger partial charge in [-0.1, -0.05) is 19.1 Å². The molecule has 1 amide bonds. The van der Waals surface area contributed by atoms with Crippen molar-refractivity contribution in [2.75, 3.05) is 19.7 Å². The molecule has 2 rings (SSSR count). The van der Waals surface area contributed by atoms with E-state index in [1.165, 1.54) is 12.1 Å². The minimum Gasteiger partial charge on any atom is -0.371 e. The first-order valence-electron chi connectivity index (χ1n) is 8.25. The molecule has 0 saturated carbocycles. The van der Waals surface area contributed by atoms with Gasteiger partial charge in [0.25, 0.3) is 0 Å². The van der Waals surface area contributed by atoms with Crippen LogP contribution in [0.1, 0.15) is 45.8 Å². The second kappa shape index (κ2) is 7.41. The van der Waals surface area contributed by atoms with E-state index in [-0.39, 0.29) is 29.4 Å². The Labute approximate surface area is 138 Å². The van der Waals surface area contributed by atoms with E-state index in [2.05, 4.69) is 17.1 Å². The van der Waals surface area contributed by atoms with Crippen molar-refractivity contribution in [2.45, 2.75) is 51.8 Å². The largest absolute Gasteiger partial charge is 0.371 e. The van der Waals surface area contributed by atoms with Crippen molar-refractivity contribution in [1.82, 2.24) is 10.2 Å². The van der Waals surface area contributed by atoms with E-state index < -0.39 is 0 Å². The van der Waals surface area contributed by atoms with E-state index in [0.717, 1.165) is 18.5 Å². The van der Waals surface area contributed by atoms with E-state index in [1.807, 2.05) is 20.8 Å². The fourth-order valence-electron chi connectivity index (χ4n) is 2.59. The minimum atomic E-state index is -0.254. The lowest BCUT2D eigenvalue weighted by molar-refractivity contribution is -0.131. The fraction of sp³-hybridized carbons (Fsp3) is 0.611. The van der Waals surface area contributed by atoms with Crippen LogP contribution in [0.3, 0.4) is 0 Å². The van der Waals surface area contributed by atoms with Crippen LogP contribution in [0.25, 0.3) is 0 Å². The standard InChI is InChI=1S/C18H27FN2O2/c1-5-18(3,4)20-17(22)13(2)21-10-11-23-16(12-21)14-6-8-15(19)9-7-14/h6-9,13,16H,5,10-12H2,1-4H3,(H,20,22). The van der Waals surface area contributed by atoms with E-state index in [9.17, 15) is 9.18 Å². The number of hydrogen-bond acceptors (Lipinski definition) is 3. The Hall–Kier alpha value is -1.46. The highest BCUT2D eigenvalue weighted by atomic mass is 19.1. The summed E-state index contributed by atoms with van der Waals surface area (Å²) >= 11 is 0. The average Bonchev–Trinajstić information content (AvgIpc) is 2.54. The number of ether oxygens (including phenoxy) is 1. The first-order valence-corrected chi connectivity index (χ1v) is 8.25. The zero-order valence-corrected chi connectivity index (χ0v) is 14.4. The van der Waals surface area contributed by atoms with Crippen LogP contribution in [-0.2, 0) is 9.53 Å². The van der Waals surface area contributed by atoms with Crippen LogP contribution in [0, 0.1) is 5.82 Å². The SMILES string of the molecule is CCC(C)(C)NC(=O)C(C)N1CCOC(c2ccc(F)cc2)C1. The molecule has 1 aliphatic rings. The summed E-state index contributed by atoms with van der Waals surface area (Å²) in [4.78, 5) is 14.6. The van der Waals surface area contributed by atoms with Gasteiger partial charge in [0.05, 0.1) is 18.8 Å². The van der Waals surface area contributed by atoms with Gasteiger partial charge in [0.1, 0.15) is 5.82 Å². The highest BCUT2D eigenvalue weighted by Gasteiger charge is 2.30. The highest BCUT2D eigenvalue weighted by molar-refractivity contribution is 5.82. The number of amides is 1. The predicted molar refractivity (Wildman–Crippen MR) is 88.6 cm³/mol. The van der Waals surface area contributed by atoms with Gasteiger partial charge < -0.3 is 10.1 Å². The predicted octanol–water partition coefficient (Wildman–Crippen LogP) is 2.89. The molecule has 5 heteroatoms. The average molecular weight is 322 g/mol. The summed E-state index contributed by atoms with van der Waals surface area (Å²) in [5.41, 5.74) is 0.742. The normalized spacial score (nSPS) is 21.0. The lowest BCUT2D eigenvalue weighted by Crippen LogP contribution is -2.54. The molecule has 0 bridgehead atoms. The fourth-order valence-corrected chi connectivity index (χ4v) is 2.59. The molecular weight excluding hydrogens is 295 g/mol. The van der Waals surface area contributed by atoms with Crippen molar-refractivity contribution in [3.8, 4) is 0 Å². The highest BCUT2D eigenvalue weighted by Crippen LogP contribution is 2.24. The topological polar surface area (TPSA) is 41.6 Å². The van der Waals surface area contributed by atoms with Gasteiger partial charge in [0.15, 0.2) is 0 Å². The van der Waals surface area contributed by atoms with E-state index in [0.29, 0.717) is 13.2 Å². The van der Waals surface area contributed by atoms with Gasteiger partial charge in [0.2, 0.25) is 5.91 Å². The number of morpholine rings is 1. The molecule has 4 nitrogen and oxygen atoms in total. The maximum absolute atomic E-state index is 13.1. The molecular formula is C18H27FN2O2. The molecule has 23 heavy (non-hydrogen) atoms. The second-order valence-electron chi connectivity index (χ2n) is 6.81. The number of hydrogen-bond donors (Lipinski definition) is 1. The molecule has 128 valence electrons. The summed E-state index contributed by atoms with van der Waals surface area (Å²) in [7, 11) is 0. The monoisotopic (exact) mass is 322 g/mol. The van der Waals surface area contributed by atoms with Crippen LogP contribution in [0.5, 0.6) is 0 Å². The van der Waals surface area contributed by atoms with Crippen molar-refractivity contribution in [1.29, 1.82) is 0 Å². The third kappa shape index (κ3) is 4.75. The Kier molecular flexibility index (Phi) is 5.76. The third-order valence-corrected chi connectivity index (χ3v) is 4.61. The number of benzene rings is 1. The van der Waals surface area contributed by atoms with Crippen LogP contribution in [-0.4, -0.2) is 42.1 Å². The van der Waals surface area contributed by atoms with Crippen molar-refractivity contribution >= 4 is 5.91 Å². The molecule has 2 atom stereocenters. The summed E-state index contributed by atoms with van der Waals surface area (Å²) in [6.07, 6.45) is 0.756. The zero-order valence-electron chi connectivity index (χ0n) is 14.4. The van der Waals surface area contributed by atoms with Crippen molar-refractivity contribution in [3.63, 3.8) is 0 Å². The van der Waals surface area contributed by atoms with Gasteiger partial charge in [-0.3, -0.25) is 9.69 Å². The molecule has 1 aliphatic heterocycles. The number of carbonyl (C=O) groups excluding carboxylic acids is 1. The molecule has 0 radical (unpaired) electrons. The Morgan fingerprint density at radius 2 is 2.09 bits per heavy atom. The van der Waals surface area contributed by atoms with Crippen LogP contribution in [0.4, 0.5) is 4.39 Å².